The maximum atomic E-state index is 13.1. The average Bonchev–Trinajstić information content (AvgIpc) is 3.22. The highest BCUT2D eigenvalue weighted by atomic mass is 28.4. The molecule has 0 aliphatic heterocycles. The third-order valence-corrected chi connectivity index (χ3v) is 14.7. The Morgan fingerprint density at radius 2 is 0.831 bits per heavy atom. The minimum atomic E-state index is -2.01. The van der Waals surface area contributed by atoms with E-state index in [9.17, 15) is 19.2 Å². The van der Waals surface area contributed by atoms with Gasteiger partial charge < -0.3 is 23.4 Å². The van der Waals surface area contributed by atoms with Crippen LogP contribution in [0.2, 0.25) is 18.1 Å². The Morgan fingerprint density at radius 1 is 0.441 bits per heavy atom. The van der Waals surface area contributed by atoms with Gasteiger partial charge in [0.15, 0.2) is 0 Å². The van der Waals surface area contributed by atoms with Gasteiger partial charge in [-0.05, 0) is 142 Å². The molecule has 0 N–H and O–H groups in total. The Hall–Kier alpha value is -7.04. The zero-order valence-corrected chi connectivity index (χ0v) is 34.3. The topological polar surface area (TPSA) is 114 Å². The molecule has 0 unspecified atom stereocenters. The van der Waals surface area contributed by atoms with Crippen molar-refractivity contribution in [1.29, 1.82) is 0 Å². The fourth-order valence-corrected chi connectivity index (χ4v) is 6.93. The van der Waals surface area contributed by atoms with Crippen molar-refractivity contribution in [2.45, 2.75) is 45.5 Å². The fourth-order valence-electron chi connectivity index (χ4n) is 5.90. The number of hydrogen-bond donors (Lipinski definition) is 0. The van der Waals surface area contributed by atoms with Crippen molar-refractivity contribution in [2.75, 3.05) is 0 Å². The first-order valence-corrected chi connectivity index (χ1v) is 22.0. The summed E-state index contributed by atoms with van der Waals surface area (Å²) in [6.07, 6.45) is 0. The lowest BCUT2D eigenvalue weighted by molar-refractivity contribution is 0.0472. The van der Waals surface area contributed by atoms with E-state index in [1.807, 2.05) is 30.3 Å². The van der Waals surface area contributed by atoms with Crippen LogP contribution in [0.1, 0.15) is 67.8 Å². The van der Waals surface area contributed by atoms with Gasteiger partial charge in [0.05, 0.1) is 22.3 Å². The number of hydrogen-bond acceptors (Lipinski definition) is 9. The summed E-state index contributed by atoms with van der Waals surface area (Å²) in [4.78, 5) is 51.6. The second-order valence-electron chi connectivity index (χ2n) is 15.6. The van der Waals surface area contributed by atoms with Gasteiger partial charge in [-0.25, -0.2) is 19.2 Å². The average molecular weight is 803 g/mol. The summed E-state index contributed by atoms with van der Waals surface area (Å²) in [5.74, 6) is -0.428. The van der Waals surface area contributed by atoms with Gasteiger partial charge in [-0.15, -0.1) is 0 Å². The van der Waals surface area contributed by atoms with Crippen LogP contribution in [-0.4, -0.2) is 32.2 Å². The normalized spacial score (nSPS) is 11.5. The molecule has 7 rings (SSSR count). The molecule has 0 bridgehead atoms. The number of fused-ring (bicyclic) bond motifs is 2. The molecule has 0 aliphatic rings. The summed E-state index contributed by atoms with van der Waals surface area (Å²) < 4.78 is 28.6. The summed E-state index contributed by atoms with van der Waals surface area (Å²) in [7, 11) is -2.01. The minimum absolute atomic E-state index is 0.0504. The molecule has 7 aromatic rings. The van der Waals surface area contributed by atoms with E-state index in [4.69, 9.17) is 23.4 Å². The van der Waals surface area contributed by atoms with Crippen LogP contribution in [-0.2, 0) is 11.3 Å². The lowest BCUT2D eigenvalue weighted by Gasteiger charge is -2.36. The first kappa shape index (κ1) is 40.2. The van der Waals surface area contributed by atoms with Gasteiger partial charge >= 0.3 is 23.9 Å². The smallest absolute Gasteiger partial charge is 0.343 e. The van der Waals surface area contributed by atoms with Crippen LogP contribution in [0.4, 0.5) is 0 Å². The zero-order chi connectivity index (χ0) is 41.7. The van der Waals surface area contributed by atoms with Crippen LogP contribution < -0.4 is 18.6 Å². The van der Waals surface area contributed by atoms with Gasteiger partial charge in [0.1, 0.15) is 29.6 Å². The van der Waals surface area contributed by atoms with E-state index in [1.54, 1.807) is 97.1 Å². The van der Waals surface area contributed by atoms with E-state index >= 15 is 0 Å². The molecule has 0 saturated carbocycles. The summed E-state index contributed by atoms with van der Waals surface area (Å²) >= 11 is 0. The van der Waals surface area contributed by atoms with E-state index < -0.39 is 32.2 Å². The highest BCUT2D eigenvalue weighted by Gasteiger charge is 2.39. The van der Waals surface area contributed by atoms with Crippen LogP contribution in [0.3, 0.4) is 0 Å². The van der Waals surface area contributed by atoms with E-state index in [0.717, 1.165) is 32.9 Å². The third-order valence-electron chi connectivity index (χ3n) is 10.3. The molecular weight excluding hydrogens is 761 g/mol. The molecule has 0 aromatic heterocycles. The Balaban J connectivity index is 0.919. The van der Waals surface area contributed by atoms with Crippen molar-refractivity contribution in [3.63, 3.8) is 0 Å². The van der Waals surface area contributed by atoms with E-state index in [-0.39, 0.29) is 23.0 Å². The zero-order valence-electron chi connectivity index (χ0n) is 33.3. The highest BCUT2D eigenvalue weighted by molar-refractivity contribution is 6.74. The van der Waals surface area contributed by atoms with E-state index in [1.165, 1.54) is 24.3 Å². The number of ether oxygens (including phenoxy) is 4. The molecule has 0 atom stereocenters. The SMILES string of the molecule is CC(C)(C)[Si](C)(C)Oc1ccc(C(=O)Oc2ccc3cc(C(=O)Oc4ccc(C(=O)Oc5ccc6cc(C(=O)OCc7ccccc7)ccc6c5)cc4)ccc3c2)cc1. The summed E-state index contributed by atoms with van der Waals surface area (Å²) in [5.41, 5.74) is 2.29. The van der Waals surface area contributed by atoms with Gasteiger partial charge in [-0.3, -0.25) is 0 Å². The number of carbonyl (C=O) groups excluding carboxylic acids is 4. The molecule has 0 amide bonds. The standard InChI is InChI=1S/C49H42O9Si/c1-49(2,3)59(4,5)58-42-23-17-34(18-24-42)47(52)57-44-26-20-36-28-40(14-12-38(36)30-44)48(53)55-41-21-15-33(16-22-41)46(51)56-43-25-19-35-27-39(13-11-37(35)29-43)45(50)54-31-32-9-7-6-8-10-32/h6-30H,31H2,1-5H3. The van der Waals surface area contributed by atoms with Crippen molar-refractivity contribution < 1.29 is 42.6 Å². The van der Waals surface area contributed by atoms with Gasteiger partial charge in [0.2, 0.25) is 8.32 Å². The second kappa shape index (κ2) is 16.8. The van der Waals surface area contributed by atoms with Crippen molar-refractivity contribution in [3.05, 3.63) is 179 Å². The predicted octanol–water partition coefficient (Wildman–Crippen LogP) is 11.4. The largest absolute Gasteiger partial charge is 0.544 e. The van der Waals surface area contributed by atoms with Crippen LogP contribution in [0, 0.1) is 0 Å². The lowest BCUT2D eigenvalue weighted by Crippen LogP contribution is -2.43. The first-order chi connectivity index (χ1) is 28.2. The van der Waals surface area contributed by atoms with E-state index in [0.29, 0.717) is 28.2 Å². The number of rotatable bonds is 11. The Labute approximate surface area is 343 Å². The molecular formula is C49H42O9Si. The molecule has 0 fully saturated rings. The monoisotopic (exact) mass is 802 g/mol. The lowest BCUT2D eigenvalue weighted by atomic mass is 10.1. The van der Waals surface area contributed by atoms with Crippen LogP contribution >= 0.6 is 0 Å². The van der Waals surface area contributed by atoms with Crippen LogP contribution in [0.5, 0.6) is 23.0 Å². The molecule has 0 radical (unpaired) electrons. The Kier molecular flexibility index (Phi) is 11.4. The van der Waals surface area contributed by atoms with Crippen LogP contribution in [0.25, 0.3) is 21.5 Å². The summed E-state index contributed by atoms with van der Waals surface area (Å²) in [6, 6.07) is 43.0. The van der Waals surface area contributed by atoms with Crippen molar-refractivity contribution in [2.24, 2.45) is 0 Å². The number of benzene rings is 7. The quantitative estimate of drug-likeness (QED) is 0.0716. The maximum absolute atomic E-state index is 13.1. The fraction of sp³-hybridized carbons (Fsp3) is 0.143. The molecule has 7 aromatic carbocycles. The van der Waals surface area contributed by atoms with Gasteiger partial charge in [0, 0.05) is 0 Å². The molecule has 9 nitrogen and oxygen atoms in total. The maximum Gasteiger partial charge on any atom is 0.343 e. The van der Waals surface area contributed by atoms with Gasteiger partial charge in [0.25, 0.3) is 0 Å². The Bertz CT molecular complexity index is 2680. The van der Waals surface area contributed by atoms with Crippen molar-refractivity contribution in [1.82, 2.24) is 0 Å². The molecule has 59 heavy (non-hydrogen) atoms. The van der Waals surface area contributed by atoms with Crippen LogP contribution in [0.15, 0.2) is 152 Å². The molecule has 0 saturated heterocycles. The Morgan fingerprint density at radius 3 is 1.34 bits per heavy atom. The molecule has 0 spiro atoms. The molecule has 296 valence electrons. The minimum Gasteiger partial charge on any atom is -0.544 e. The molecule has 0 heterocycles. The number of esters is 4. The number of carbonyl (C=O) groups is 4. The van der Waals surface area contributed by atoms with E-state index in [2.05, 4.69) is 33.9 Å². The third kappa shape index (κ3) is 9.74. The van der Waals surface area contributed by atoms with Gasteiger partial charge in [-0.2, -0.15) is 0 Å². The summed E-state index contributed by atoms with van der Waals surface area (Å²) in [6.45, 7) is 11.0. The predicted molar refractivity (Wildman–Crippen MR) is 229 cm³/mol. The first-order valence-electron chi connectivity index (χ1n) is 19.1. The van der Waals surface area contributed by atoms with Crippen molar-refractivity contribution in [3.8, 4) is 23.0 Å². The molecule has 10 heteroatoms. The highest BCUT2D eigenvalue weighted by Crippen LogP contribution is 2.37. The second-order valence-corrected chi connectivity index (χ2v) is 20.3. The summed E-state index contributed by atoms with van der Waals surface area (Å²) in [5, 5.41) is 3.13. The van der Waals surface area contributed by atoms with Gasteiger partial charge in [-0.1, -0.05) is 75.4 Å². The van der Waals surface area contributed by atoms with Crippen molar-refractivity contribution >= 4 is 53.7 Å². The molecule has 0 aliphatic carbocycles.